The molecule has 2 heterocycles. The fourth-order valence-electron chi connectivity index (χ4n) is 3.95. The first kappa shape index (κ1) is 22.3. The predicted molar refractivity (Wildman–Crippen MR) is 123 cm³/mol. The van der Waals surface area contributed by atoms with Gasteiger partial charge in [-0.3, -0.25) is 9.78 Å². The minimum atomic E-state index is -0.520. The molecule has 33 heavy (non-hydrogen) atoms. The smallest absolute Gasteiger partial charge is 0.247 e. The summed E-state index contributed by atoms with van der Waals surface area (Å²) in [6, 6.07) is 13.5. The van der Waals surface area contributed by atoms with E-state index in [0.29, 0.717) is 23.6 Å². The minimum absolute atomic E-state index is 0.0937. The predicted octanol–water partition coefficient (Wildman–Crippen LogP) is 5.41. The van der Waals surface area contributed by atoms with Crippen LogP contribution in [0.1, 0.15) is 30.0 Å². The normalized spacial score (nSPS) is 15.6. The monoisotopic (exact) mass is 448 g/mol. The van der Waals surface area contributed by atoms with Gasteiger partial charge in [0.1, 0.15) is 17.2 Å². The van der Waals surface area contributed by atoms with Gasteiger partial charge in [-0.2, -0.15) is 0 Å². The Bertz CT molecular complexity index is 1150. The highest BCUT2D eigenvalue weighted by atomic mass is 19.1. The molecule has 1 amide bonds. The Morgan fingerprint density at radius 3 is 2.67 bits per heavy atom. The summed E-state index contributed by atoms with van der Waals surface area (Å²) in [5, 5.41) is 0. The van der Waals surface area contributed by atoms with E-state index in [1.807, 2.05) is 23.1 Å². The molecular formula is C26H25FN2O4. The van der Waals surface area contributed by atoms with Gasteiger partial charge in [0.25, 0.3) is 0 Å². The van der Waals surface area contributed by atoms with Crippen LogP contribution in [0, 0.1) is 5.82 Å². The summed E-state index contributed by atoms with van der Waals surface area (Å²) in [6.45, 7) is 0.639. The van der Waals surface area contributed by atoms with Gasteiger partial charge in [-0.15, -0.1) is 0 Å². The SMILES string of the molecule is COc1ccc(OC)c(C2CCCN2C(=O)/C=C/c2ccc(Oc3cccnc3)c(F)c2)c1. The van der Waals surface area contributed by atoms with E-state index in [1.54, 1.807) is 44.7 Å². The summed E-state index contributed by atoms with van der Waals surface area (Å²) in [5.41, 5.74) is 1.48. The summed E-state index contributed by atoms with van der Waals surface area (Å²) >= 11 is 0. The third kappa shape index (κ3) is 5.14. The molecule has 7 heteroatoms. The molecule has 1 aromatic heterocycles. The van der Waals surface area contributed by atoms with Gasteiger partial charge in [-0.25, -0.2) is 4.39 Å². The zero-order valence-electron chi connectivity index (χ0n) is 18.5. The second-order valence-corrected chi connectivity index (χ2v) is 7.61. The summed E-state index contributed by atoms with van der Waals surface area (Å²) in [4.78, 5) is 18.7. The first-order valence-electron chi connectivity index (χ1n) is 10.7. The Labute approximate surface area is 192 Å². The number of hydrogen-bond acceptors (Lipinski definition) is 5. The Morgan fingerprint density at radius 1 is 1.09 bits per heavy atom. The number of halogens is 1. The first-order chi connectivity index (χ1) is 16.1. The number of carbonyl (C=O) groups is 1. The van der Waals surface area contributed by atoms with Crippen LogP contribution in [-0.2, 0) is 4.79 Å². The van der Waals surface area contributed by atoms with Gasteiger partial charge >= 0.3 is 0 Å². The summed E-state index contributed by atoms with van der Waals surface area (Å²) in [7, 11) is 3.22. The van der Waals surface area contributed by atoms with Crippen molar-refractivity contribution >= 4 is 12.0 Å². The molecule has 170 valence electrons. The fourth-order valence-corrected chi connectivity index (χ4v) is 3.95. The molecule has 0 saturated carbocycles. The van der Waals surface area contributed by atoms with E-state index in [4.69, 9.17) is 14.2 Å². The molecular weight excluding hydrogens is 423 g/mol. The van der Waals surface area contributed by atoms with Crippen LogP contribution < -0.4 is 14.2 Å². The molecule has 1 aliphatic rings. The number of carbonyl (C=O) groups excluding carboxylic acids is 1. The minimum Gasteiger partial charge on any atom is -0.497 e. The van der Waals surface area contributed by atoms with Crippen LogP contribution in [-0.4, -0.2) is 36.6 Å². The van der Waals surface area contributed by atoms with Crippen molar-refractivity contribution in [2.75, 3.05) is 20.8 Å². The third-order valence-corrected chi connectivity index (χ3v) is 5.57. The number of benzene rings is 2. The average Bonchev–Trinajstić information content (AvgIpc) is 3.34. The number of methoxy groups -OCH3 is 2. The standard InChI is InChI=1S/C26H25FN2O4/c1-31-19-9-11-24(32-2)21(16-19)23-6-4-14-29(23)26(30)12-8-18-7-10-25(22(27)15-18)33-20-5-3-13-28-17-20/h3,5,7-13,15-17,23H,4,6,14H2,1-2H3/b12-8+. The highest BCUT2D eigenvalue weighted by molar-refractivity contribution is 5.92. The quantitative estimate of drug-likeness (QED) is 0.453. The topological polar surface area (TPSA) is 60.9 Å². The van der Waals surface area contributed by atoms with Gasteiger partial charge in [0.05, 0.1) is 26.5 Å². The highest BCUT2D eigenvalue weighted by Crippen LogP contribution is 2.39. The van der Waals surface area contributed by atoms with E-state index < -0.39 is 5.82 Å². The molecule has 2 aromatic carbocycles. The van der Waals surface area contributed by atoms with Crippen molar-refractivity contribution < 1.29 is 23.4 Å². The van der Waals surface area contributed by atoms with E-state index >= 15 is 0 Å². The Hall–Kier alpha value is -3.87. The summed E-state index contributed by atoms with van der Waals surface area (Å²) < 4.78 is 30.9. The van der Waals surface area contributed by atoms with Gasteiger partial charge < -0.3 is 19.1 Å². The lowest BCUT2D eigenvalue weighted by Gasteiger charge is -2.25. The molecule has 1 atom stereocenters. The van der Waals surface area contributed by atoms with Crippen molar-refractivity contribution in [3.8, 4) is 23.0 Å². The molecule has 1 saturated heterocycles. The number of nitrogens with zero attached hydrogens (tertiary/aromatic N) is 2. The summed E-state index contributed by atoms with van der Waals surface area (Å²) in [6.07, 6.45) is 7.93. The van der Waals surface area contributed by atoms with Crippen molar-refractivity contribution in [2.24, 2.45) is 0 Å². The number of pyridine rings is 1. The van der Waals surface area contributed by atoms with E-state index in [9.17, 15) is 9.18 Å². The molecule has 0 radical (unpaired) electrons. The number of likely N-dealkylation sites (tertiary alicyclic amines) is 1. The fraction of sp³-hybridized carbons (Fsp3) is 0.231. The van der Waals surface area contributed by atoms with Crippen LogP contribution in [0.3, 0.4) is 0 Å². The van der Waals surface area contributed by atoms with Crippen molar-refractivity contribution in [3.63, 3.8) is 0 Å². The van der Waals surface area contributed by atoms with E-state index in [1.165, 1.54) is 24.4 Å². The Balaban J connectivity index is 1.48. The molecule has 0 aliphatic carbocycles. The van der Waals surface area contributed by atoms with E-state index in [2.05, 4.69) is 4.98 Å². The van der Waals surface area contributed by atoms with Crippen molar-refractivity contribution in [3.05, 3.63) is 83.9 Å². The Morgan fingerprint density at radius 2 is 1.94 bits per heavy atom. The highest BCUT2D eigenvalue weighted by Gasteiger charge is 2.31. The number of rotatable bonds is 7. The molecule has 6 nitrogen and oxygen atoms in total. The number of amides is 1. The lowest BCUT2D eigenvalue weighted by atomic mass is 10.0. The second kappa shape index (κ2) is 10.2. The van der Waals surface area contributed by atoms with Crippen LogP contribution in [0.15, 0.2) is 67.0 Å². The first-order valence-corrected chi connectivity index (χ1v) is 10.7. The molecule has 3 aromatic rings. The lowest BCUT2D eigenvalue weighted by molar-refractivity contribution is -0.126. The Kier molecular flexibility index (Phi) is 6.88. The van der Waals surface area contributed by atoms with Crippen LogP contribution in [0.25, 0.3) is 6.08 Å². The second-order valence-electron chi connectivity index (χ2n) is 7.61. The maximum absolute atomic E-state index is 14.5. The molecule has 0 bridgehead atoms. The van der Waals surface area contributed by atoms with Crippen LogP contribution in [0.5, 0.6) is 23.0 Å². The van der Waals surface area contributed by atoms with Crippen LogP contribution in [0.4, 0.5) is 4.39 Å². The molecule has 1 aliphatic heterocycles. The average molecular weight is 448 g/mol. The largest absolute Gasteiger partial charge is 0.497 e. The molecule has 1 unspecified atom stereocenters. The van der Waals surface area contributed by atoms with Crippen molar-refractivity contribution in [2.45, 2.75) is 18.9 Å². The molecule has 0 N–H and O–H groups in total. The van der Waals surface area contributed by atoms with Gasteiger partial charge in [0.2, 0.25) is 5.91 Å². The number of ether oxygens (including phenoxy) is 3. The van der Waals surface area contributed by atoms with Crippen LogP contribution in [0.2, 0.25) is 0 Å². The maximum atomic E-state index is 14.5. The van der Waals surface area contributed by atoms with E-state index in [-0.39, 0.29) is 17.7 Å². The summed E-state index contributed by atoms with van der Waals surface area (Å²) in [5.74, 6) is 1.31. The van der Waals surface area contributed by atoms with Gasteiger partial charge in [-0.05, 0) is 66.9 Å². The third-order valence-electron chi connectivity index (χ3n) is 5.57. The maximum Gasteiger partial charge on any atom is 0.247 e. The van der Waals surface area contributed by atoms with Crippen molar-refractivity contribution in [1.82, 2.24) is 9.88 Å². The molecule has 4 rings (SSSR count). The van der Waals surface area contributed by atoms with Crippen LogP contribution >= 0.6 is 0 Å². The zero-order valence-corrected chi connectivity index (χ0v) is 18.5. The number of hydrogen-bond donors (Lipinski definition) is 0. The lowest BCUT2D eigenvalue weighted by Crippen LogP contribution is -2.29. The van der Waals surface area contributed by atoms with Gasteiger partial charge in [-0.1, -0.05) is 6.07 Å². The molecule has 1 fully saturated rings. The zero-order chi connectivity index (χ0) is 23.2. The van der Waals surface area contributed by atoms with Crippen molar-refractivity contribution in [1.29, 1.82) is 0 Å². The molecule has 0 spiro atoms. The number of aromatic nitrogens is 1. The van der Waals surface area contributed by atoms with Gasteiger partial charge in [0.15, 0.2) is 11.6 Å². The van der Waals surface area contributed by atoms with Gasteiger partial charge in [0, 0.05) is 24.4 Å². The van der Waals surface area contributed by atoms with E-state index in [0.717, 1.165) is 24.2 Å².